The standard InChI is InChI=1S/C10H10Br2O2S/c1-7(10(11)12)8-3-5-9(6-4-8)15(2,13)14/h3-6H,1-2H3. The van der Waals surface area contributed by atoms with Gasteiger partial charge in [0.1, 0.15) is 0 Å². The van der Waals surface area contributed by atoms with Crippen LogP contribution >= 0.6 is 31.9 Å². The molecule has 0 aromatic heterocycles. The molecule has 82 valence electrons. The van der Waals surface area contributed by atoms with Crippen LogP contribution in [0.25, 0.3) is 5.57 Å². The predicted molar refractivity (Wildman–Crippen MR) is 70.0 cm³/mol. The van der Waals surface area contributed by atoms with E-state index < -0.39 is 9.84 Å². The number of sulfone groups is 1. The number of benzene rings is 1. The minimum absolute atomic E-state index is 0.338. The van der Waals surface area contributed by atoms with Gasteiger partial charge >= 0.3 is 0 Å². The van der Waals surface area contributed by atoms with Gasteiger partial charge in [-0.15, -0.1) is 0 Å². The molecule has 1 aromatic rings. The first-order valence-electron chi connectivity index (χ1n) is 4.15. The van der Waals surface area contributed by atoms with Crippen molar-refractivity contribution in [3.05, 3.63) is 33.2 Å². The van der Waals surface area contributed by atoms with E-state index in [4.69, 9.17) is 0 Å². The maximum Gasteiger partial charge on any atom is 0.175 e. The van der Waals surface area contributed by atoms with Crippen molar-refractivity contribution in [3.8, 4) is 0 Å². The Kier molecular flexibility index (Phi) is 4.14. The molecule has 0 spiro atoms. The van der Waals surface area contributed by atoms with E-state index in [9.17, 15) is 8.42 Å². The van der Waals surface area contributed by atoms with Gasteiger partial charge in [-0.3, -0.25) is 0 Å². The third-order valence-electron chi connectivity index (χ3n) is 2.00. The fraction of sp³-hybridized carbons (Fsp3) is 0.200. The average molecular weight is 354 g/mol. The van der Waals surface area contributed by atoms with Gasteiger partial charge in [0.2, 0.25) is 0 Å². The van der Waals surface area contributed by atoms with Crippen LogP contribution in [0.1, 0.15) is 12.5 Å². The molecular formula is C10H10Br2O2S. The number of hydrogen-bond acceptors (Lipinski definition) is 2. The van der Waals surface area contributed by atoms with Crippen LogP contribution < -0.4 is 0 Å². The Bertz CT molecular complexity index is 483. The topological polar surface area (TPSA) is 34.1 Å². The Morgan fingerprint density at radius 2 is 1.60 bits per heavy atom. The molecule has 0 aliphatic heterocycles. The smallest absolute Gasteiger partial charge is 0.175 e. The summed E-state index contributed by atoms with van der Waals surface area (Å²) in [6, 6.07) is 6.79. The van der Waals surface area contributed by atoms with Crippen molar-refractivity contribution in [2.75, 3.05) is 6.26 Å². The highest BCUT2D eigenvalue weighted by molar-refractivity contribution is 9.28. The number of hydrogen-bond donors (Lipinski definition) is 0. The molecule has 0 atom stereocenters. The van der Waals surface area contributed by atoms with Crippen LogP contribution in [0.3, 0.4) is 0 Å². The summed E-state index contributed by atoms with van der Waals surface area (Å²) in [4.78, 5) is 0.338. The van der Waals surface area contributed by atoms with Gasteiger partial charge in [-0.1, -0.05) is 12.1 Å². The van der Waals surface area contributed by atoms with Crippen LogP contribution in [0.2, 0.25) is 0 Å². The van der Waals surface area contributed by atoms with Crippen LogP contribution in [-0.4, -0.2) is 14.7 Å². The first kappa shape index (κ1) is 12.9. The van der Waals surface area contributed by atoms with E-state index in [1.807, 2.05) is 6.92 Å². The zero-order valence-corrected chi connectivity index (χ0v) is 12.3. The van der Waals surface area contributed by atoms with Gasteiger partial charge in [-0.25, -0.2) is 8.42 Å². The molecule has 5 heteroatoms. The first-order chi connectivity index (χ1) is 6.82. The SMILES string of the molecule is CC(=C(Br)Br)c1ccc(S(C)(=O)=O)cc1. The lowest BCUT2D eigenvalue weighted by Crippen LogP contribution is -1.96. The molecule has 15 heavy (non-hydrogen) atoms. The molecule has 1 rings (SSSR count). The third-order valence-corrected chi connectivity index (χ3v) is 4.32. The highest BCUT2D eigenvalue weighted by atomic mass is 79.9. The summed E-state index contributed by atoms with van der Waals surface area (Å²) < 4.78 is 23.3. The summed E-state index contributed by atoms with van der Waals surface area (Å²) in [5.74, 6) is 0. The summed E-state index contributed by atoms with van der Waals surface area (Å²) in [7, 11) is -3.11. The second kappa shape index (κ2) is 4.80. The van der Waals surface area contributed by atoms with Gasteiger partial charge in [0.05, 0.1) is 8.29 Å². The van der Waals surface area contributed by atoms with Gasteiger partial charge in [-0.05, 0) is 62.1 Å². The zero-order valence-electron chi connectivity index (χ0n) is 8.29. The van der Waals surface area contributed by atoms with E-state index >= 15 is 0 Å². The minimum atomic E-state index is -3.11. The molecule has 0 saturated carbocycles. The molecule has 2 nitrogen and oxygen atoms in total. The quantitative estimate of drug-likeness (QED) is 0.814. The van der Waals surface area contributed by atoms with Crippen molar-refractivity contribution in [3.63, 3.8) is 0 Å². The largest absolute Gasteiger partial charge is 0.224 e. The maximum absolute atomic E-state index is 11.2. The zero-order chi connectivity index (χ0) is 11.6. The summed E-state index contributed by atoms with van der Waals surface area (Å²) in [6.07, 6.45) is 1.20. The van der Waals surface area contributed by atoms with E-state index in [0.29, 0.717) is 4.90 Å². The Morgan fingerprint density at radius 3 is 1.93 bits per heavy atom. The third kappa shape index (κ3) is 3.43. The van der Waals surface area contributed by atoms with Crippen LogP contribution in [0.5, 0.6) is 0 Å². The summed E-state index contributed by atoms with van der Waals surface area (Å²) in [6.45, 7) is 1.94. The van der Waals surface area contributed by atoms with Crippen molar-refractivity contribution >= 4 is 47.3 Å². The Balaban J connectivity index is 3.18. The fourth-order valence-corrected chi connectivity index (χ4v) is 2.15. The van der Waals surface area contributed by atoms with Crippen LogP contribution in [0.15, 0.2) is 32.6 Å². The number of rotatable bonds is 2. The van der Waals surface area contributed by atoms with Crippen LogP contribution in [0, 0.1) is 0 Å². The van der Waals surface area contributed by atoms with E-state index in [-0.39, 0.29) is 0 Å². The molecule has 0 bridgehead atoms. The molecule has 0 heterocycles. The van der Waals surface area contributed by atoms with Crippen LogP contribution in [0.4, 0.5) is 0 Å². The van der Waals surface area contributed by atoms with Gasteiger partial charge in [-0.2, -0.15) is 0 Å². The highest BCUT2D eigenvalue weighted by Crippen LogP contribution is 2.27. The molecule has 0 fully saturated rings. The molecule has 0 amide bonds. The van der Waals surface area contributed by atoms with E-state index in [1.165, 1.54) is 6.26 Å². The normalized spacial score (nSPS) is 11.2. The van der Waals surface area contributed by atoms with Crippen molar-refractivity contribution in [2.24, 2.45) is 0 Å². The van der Waals surface area contributed by atoms with Crippen molar-refractivity contribution in [2.45, 2.75) is 11.8 Å². The van der Waals surface area contributed by atoms with Crippen molar-refractivity contribution < 1.29 is 8.42 Å². The second-order valence-electron chi connectivity index (χ2n) is 3.18. The van der Waals surface area contributed by atoms with Gasteiger partial charge < -0.3 is 0 Å². The summed E-state index contributed by atoms with van der Waals surface area (Å²) in [5, 5.41) is 0. The molecule has 0 N–H and O–H groups in total. The average Bonchev–Trinajstić information content (AvgIpc) is 2.15. The van der Waals surface area contributed by atoms with Gasteiger partial charge in [0.15, 0.2) is 9.84 Å². The lowest BCUT2D eigenvalue weighted by Gasteiger charge is -2.03. The fourth-order valence-electron chi connectivity index (χ4n) is 1.06. The van der Waals surface area contributed by atoms with E-state index in [0.717, 1.165) is 14.5 Å². The number of allylic oxidation sites excluding steroid dienone is 1. The molecule has 0 unspecified atom stereocenters. The molecule has 0 radical (unpaired) electrons. The predicted octanol–water partition coefficient (Wildman–Crippen LogP) is 3.57. The molecule has 0 aliphatic carbocycles. The molecule has 0 aliphatic rings. The van der Waals surface area contributed by atoms with E-state index in [1.54, 1.807) is 24.3 Å². The molecule has 0 saturated heterocycles. The Labute approximate surface area is 107 Å². The minimum Gasteiger partial charge on any atom is -0.224 e. The number of halogens is 2. The molecule has 1 aromatic carbocycles. The lowest BCUT2D eigenvalue weighted by atomic mass is 10.1. The Hall–Kier alpha value is -0.130. The highest BCUT2D eigenvalue weighted by Gasteiger charge is 2.07. The second-order valence-corrected chi connectivity index (χ2v) is 7.85. The summed E-state index contributed by atoms with van der Waals surface area (Å²) in [5.41, 5.74) is 2.00. The van der Waals surface area contributed by atoms with Gasteiger partial charge in [0.25, 0.3) is 0 Å². The Morgan fingerprint density at radius 1 is 1.13 bits per heavy atom. The monoisotopic (exact) mass is 352 g/mol. The van der Waals surface area contributed by atoms with Gasteiger partial charge in [0, 0.05) is 6.26 Å². The first-order valence-corrected chi connectivity index (χ1v) is 7.62. The molecular weight excluding hydrogens is 344 g/mol. The van der Waals surface area contributed by atoms with Crippen molar-refractivity contribution in [1.29, 1.82) is 0 Å². The summed E-state index contributed by atoms with van der Waals surface area (Å²) >= 11 is 6.63. The van der Waals surface area contributed by atoms with E-state index in [2.05, 4.69) is 31.9 Å². The lowest BCUT2D eigenvalue weighted by molar-refractivity contribution is 0.602. The van der Waals surface area contributed by atoms with Crippen molar-refractivity contribution in [1.82, 2.24) is 0 Å². The van der Waals surface area contributed by atoms with Crippen LogP contribution in [-0.2, 0) is 9.84 Å². The maximum atomic E-state index is 11.2.